The number of imidazole rings is 1. The first kappa shape index (κ1) is 8.50. The highest BCUT2D eigenvalue weighted by Crippen LogP contribution is 2.08. The molecule has 0 amide bonds. The van der Waals surface area contributed by atoms with E-state index in [1.807, 2.05) is 41.1 Å². The Balaban J connectivity index is 2.47. The molecule has 0 saturated carbocycles. The van der Waals surface area contributed by atoms with Crippen molar-refractivity contribution in [2.45, 2.75) is 0 Å². The maximum atomic E-state index is 8.43. The second-order valence-corrected chi connectivity index (χ2v) is 2.74. The van der Waals surface area contributed by atoms with Gasteiger partial charge >= 0.3 is 0 Å². The van der Waals surface area contributed by atoms with Crippen LogP contribution in [0.2, 0.25) is 0 Å². The molecule has 0 bridgehead atoms. The van der Waals surface area contributed by atoms with Crippen molar-refractivity contribution >= 4 is 6.21 Å². The van der Waals surface area contributed by atoms with E-state index in [0.29, 0.717) is 5.82 Å². The number of nitrogens with zero attached hydrogens (tertiary/aromatic N) is 3. The number of hydrogen-bond donors (Lipinski definition) is 1. The number of rotatable bonds is 2. The Bertz CT molecular complexity index is 434. The van der Waals surface area contributed by atoms with E-state index in [4.69, 9.17) is 5.21 Å². The number of benzene rings is 1. The zero-order valence-electron chi connectivity index (χ0n) is 7.41. The summed E-state index contributed by atoms with van der Waals surface area (Å²) in [7, 11) is 0. The van der Waals surface area contributed by atoms with Crippen LogP contribution in [0, 0.1) is 0 Å². The van der Waals surface area contributed by atoms with Gasteiger partial charge in [-0.15, -0.1) is 0 Å². The van der Waals surface area contributed by atoms with Crippen LogP contribution in [0.3, 0.4) is 0 Å². The third-order valence-electron chi connectivity index (χ3n) is 1.88. The summed E-state index contributed by atoms with van der Waals surface area (Å²) in [5.74, 6) is 0.596. The molecule has 0 atom stereocenters. The minimum absolute atomic E-state index is 0.596. The number of oxime groups is 1. The van der Waals surface area contributed by atoms with Gasteiger partial charge in [-0.3, -0.25) is 4.57 Å². The first-order valence-corrected chi connectivity index (χ1v) is 4.18. The lowest BCUT2D eigenvalue weighted by atomic mass is 10.3. The predicted molar refractivity (Wildman–Crippen MR) is 52.9 cm³/mol. The molecule has 2 rings (SSSR count). The van der Waals surface area contributed by atoms with Gasteiger partial charge in [0.1, 0.15) is 6.21 Å². The van der Waals surface area contributed by atoms with E-state index in [9.17, 15) is 0 Å². The monoisotopic (exact) mass is 187 g/mol. The summed E-state index contributed by atoms with van der Waals surface area (Å²) < 4.78 is 1.83. The summed E-state index contributed by atoms with van der Waals surface area (Å²) in [5, 5.41) is 11.4. The van der Waals surface area contributed by atoms with Gasteiger partial charge in [0.25, 0.3) is 0 Å². The molecule has 0 aliphatic heterocycles. The molecular formula is C10H9N3O. The molecule has 0 saturated heterocycles. The third-order valence-corrected chi connectivity index (χ3v) is 1.88. The van der Waals surface area contributed by atoms with Crippen molar-refractivity contribution < 1.29 is 5.21 Å². The molecule has 1 heterocycles. The van der Waals surface area contributed by atoms with E-state index < -0.39 is 0 Å². The highest BCUT2D eigenvalue weighted by atomic mass is 16.4. The average molecular weight is 187 g/mol. The van der Waals surface area contributed by atoms with Crippen LogP contribution in [0.15, 0.2) is 47.9 Å². The SMILES string of the molecule is O/N=C/c1nccn1-c1ccccc1. The molecule has 1 aromatic carbocycles. The molecule has 0 spiro atoms. The summed E-state index contributed by atoms with van der Waals surface area (Å²) in [4.78, 5) is 4.04. The Morgan fingerprint density at radius 1 is 1.29 bits per heavy atom. The van der Waals surface area contributed by atoms with Crippen LogP contribution in [-0.4, -0.2) is 21.0 Å². The smallest absolute Gasteiger partial charge is 0.159 e. The van der Waals surface area contributed by atoms with Crippen LogP contribution in [0.1, 0.15) is 5.82 Å². The van der Waals surface area contributed by atoms with Gasteiger partial charge in [-0.25, -0.2) is 4.98 Å². The Kier molecular flexibility index (Phi) is 2.27. The van der Waals surface area contributed by atoms with Gasteiger partial charge in [-0.05, 0) is 12.1 Å². The van der Waals surface area contributed by atoms with Crippen LogP contribution in [0.5, 0.6) is 0 Å². The van der Waals surface area contributed by atoms with Gasteiger partial charge in [-0.2, -0.15) is 0 Å². The molecule has 1 N–H and O–H groups in total. The summed E-state index contributed by atoms with van der Waals surface area (Å²) >= 11 is 0. The third kappa shape index (κ3) is 1.50. The maximum absolute atomic E-state index is 8.43. The molecule has 2 aromatic rings. The van der Waals surface area contributed by atoms with Crippen molar-refractivity contribution in [3.8, 4) is 5.69 Å². The van der Waals surface area contributed by atoms with Crippen LogP contribution in [-0.2, 0) is 0 Å². The largest absolute Gasteiger partial charge is 0.411 e. The number of hydrogen-bond acceptors (Lipinski definition) is 3. The molecule has 0 aliphatic rings. The highest BCUT2D eigenvalue weighted by molar-refractivity contribution is 5.75. The van der Waals surface area contributed by atoms with Crippen molar-refractivity contribution in [1.29, 1.82) is 0 Å². The lowest BCUT2D eigenvalue weighted by Crippen LogP contribution is -1.98. The van der Waals surface area contributed by atoms with Crippen molar-refractivity contribution in [3.63, 3.8) is 0 Å². The Morgan fingerprint density at radius 3 is 2.79 bits per heavy atom. The first-order chi connectivity index (χ1) is 6.92. The molecule has 4 heteroatoms. The van der Waals surface area contributed by atoms with E-state index in [0.717, 1.165) is 5.69 Å². The quantitative estimate of drug-likeness (QED) is 0.441. The zero-order chi connectivity index (χ0) is 9.80. The fraction of sp³-hybridized carbons (Fsp3) is 0. The fourth-order valence-corrected chi connectivity index (χ4v) is 1.27. The summed E-state index contributed by atoms with van der Waals surface area (Å²) in [6.45, 7) is 0. The van der Waals surface area contributed by atoms with Gasteiger partial charge in [0.15, 0.2) is 5.82 Å². The van der Waals surface area contributed by atoms with Crippen LogP contribution >= 0.6 is 0 Å². The second kappa shape index (κ2) is 3.74. The summed E-state index contributed by atoms with van der Waals surface area (Å²) in [5.41, 5.74) is 0.986. The molecular weight excluding hydrogens is 178 g/mol. The van der Waals surface area contributed by atoms with Gasteiger partial charge < -0.3 is 5.21 Å². The van der Waals surface area contributed by atoms with Gasteiger partial charge in [0.05, 0.1) is 0 Å². The Labute approximate surface area is 81.1 Å². The number of aromatic nitrogens is 2. The second-order valence-electron chi connectivity index (χ2n) is 2.74. The number of para-hydroxylation sites is 1. The topological polar surface area (TPSA) is 50.4 Å². The van der Waals surface area contributed by atoms with Crippen molar-refractivity contribution in [1.82, 2.24) is 9.55 Å². The average Bonchev–Trinajstić information content (AvgIpc) is 2.68. The standard InChI is InChI=1S/C10H9N3O/c14-12-8-10-11-6-7-13(10)9-4-2-1-3-5-9/h1-8,14H/b12-8+. The lowest BCUT2D eigenvalue weighted by molar-refractivity contribution is 0.321. The Hall–Kier alpha value is -2.10. The predicted octanol–water partition coefficient (Wildman–Crippen LogP) is 1.68. The highest BCUT2D eigenvalue weighted by Gasteiger charge is 2.00. The molecule has 1 aromatic heterocycles. The minimum Gasteiger partial charge on any atom is -0.411 e. The van der Waals surface area contributed by atoms with Gasteiger partial charge in [0.2, 0.25) is 0 Å². The molecule has 0 aliphatic carbocycles. The van der Waals surface area contributed by atoms with Crippen molar-refractivity contribution in [2.75, 3.05) is 0 Å². The van der Waals surface area contributed by atoms with E-state index in [-0.39, 0.29) is 0 Å². The molecule has 0 fully saturated rings. The minimum atomic E-state index is 0.596. The van der Waals surface area contributed by atoms with Crippen molar-refractivity contribution in [2.24, 2.45) is 5.16 Å². The van der Waals surface area contributed by atoms with E-state index in [1.165, 1.54) is 6.21 Å². The lowest BCUT2D eigenvalue weighted by Gasteiger charge is -2.02. The molecule has 0 unspecified atom stereocenters. The maximum Gasteiger partial charge on any atom is 0.159 e. The van der Waals surface area contributed by atoms with Gasteiger partial charge in [0, 0.05) is 18.1 Å². The summed E-state index contributed by atoms with van der Waals surface area (Å²) in [6.07, 6.45) is 4.77. The summed E-state index contributed by atoms with van der Waals surface area (Å²) in [6, 6.07) is 9.73. The van der Waals surface area contributed by atoms with Crippen LogP contribution in [0.25, 0.3) is 5.69 Å². The molecule has 4 nitrogen and oxygen atoms in total. The van der Waals surface area contributed by atoms with Crippen LogP contribution in [0.4, 0.5) is 0 Å². The Morgan fingerprint density at radius 2 is 2.07 bits per heavy atom. The van der Waals surface area contributed by atoms with E-state index in [2.05, 4.69) is 10.1 Å². The van der Waals surface area contributed by atoms with E-state index in [1.54, 1.807) is 6.20 Å². The van der Waals surface area contributed by atoms with Crippen LogP contribution < -0.4 is 0 Å². The first-order valence-electron chi connectivity index (χ1n) is 4.18. The normalized spacial score (nSPS) is 10.9. The fourth-order valence-electron chi connectivity index (χ4n) is 1.27. The molecule has 70 valence electrons. The zero-order valence-corrected chi connectivity index (χ0v) is 7.41. The van der Waals surface area contributed by atoms with Crippen molar-refractivity contribution in [3.05, 3.63) is 48.5 Å². The van der Waals surface area contributed by atoms with E-state index >= 15 is 0 Å². The van der Waals surface area contributed by atoms with Gasteiger partial charge in [-0.1, -0.05) is 23.4 Å². The molecule has 0 radical (unpaired) electrons. The molecule has 14 heavy (non-hydrogen) atoms.